The molecule has 2 aliphatic rings. The summed E-state index contributed by atoms with van der Waals surface area (Å²) in [6.07, 6.45) is 4.70. The van der Waals surface area contributed by atoms with E-state index in [2.05, 4.69) is 47.9 Å². The Morgan fingerprint density at radius 3 is 2.52 bits per heavy atom. The molecule has 1 aromatic carbocycles. The normalized spacial score (nSPS) is 17.1. The number of H-pyrrole nitrogens is 1. The molecular formula is C21H25N7O. The molecule has 1 atom stereocenters. The van der Waals surface area contributed by atoms with Gasteiger partial charge in [0.1, 0.15) is 5.82 Å². The maximum Gasteiger partial charge on any atom is 0.233 e. The Hall–Kier alpha value is -3.00. The molecule has 0 spiro atoms. The molecule has 0 aliphatic heterocycles. The summed E-state index contributed by atoms with van der Waals surface area (Å²) >= 11 is 0. The molecule has 8 heteroatoms. The van der Waals surface area contributed by atoms with Gasteiger partial charge in [0.2, 0.25) is 11.9 Å². The van der Waals surface area contributed by atoms with Crippen molar-refractivity contribution in [2.24, 2.45) is 0 Å². The van der Waals surface area contributed by atoms with Crippen molar-refractivity contribution < 1.29 is 4.74 Å². The molecular weight excluding hydrogens is 366 g/mol. The topological polar surface area (TPSA) is 101 Å². The predicted octanol–water partition coefficient (Wildman–Crippen LogP) is 3.89. The van der Waals surface area contributed by atoms with E-state index in [0.717, 1.165) is 30.0 Å². The number of hydrogen-bond donors (Lipinski definition) is 3. The van der Waals surface area contributed by atoms with Crippen molar-refractivity contribution in [3.8, 4) is 0 Å². The van der Waals surface area contributed by atoms with E-state index in [-0.39, 0.29) is 6.04 Å². The summed E-state index contributed by atoms with van der Waals surface area (Å²) in [5, 5.41) is 14.1. The lowest BCUT2D eigenvalue weighted by atomic mass is 10.1. The first-order chi connectivity index (χ1) is 14.3. The summed E-state index contributed by atoms with van der Waals surface area (Å²) in [7, 11) is 1.70. The first-order valence-electron chi connectivity index (χ1n) is 10.2. The van der Waals surface area contributed by atoms with Crippen LogP contribution in [0.3, 0.4) is 0 Å². The molecule has 2 aromatic heterocycles. The van der Waals surface area contributed by atoms with Gasteiger partial charge >= 0.3 is 0 Å². The Kier molecular flexibility index (Phi) is 4.85. The van der Waals surface area contributed by atoms with E-state index in [1.54, 1.807) is 7.11 Å². The second-order valence-electron chi connectivity index (χ2n) is 7.79. The van der Waals surface area contributed by atoms with Gasteiger partial charge in [-0.05, 0) is 31.2 Å². The van der Waals surface area contributed by atoms with Gasteiger partial charge in [0.15, 0.2) is 5.82 Å². The standard InChI is InChI=1S/C21H25N7O/c1-29-12-17(13-5-3-2-4-6-13)22-20-24-19(15-9-10-15)25-21(26-20)23-18-11-16(27-28-18)14-7-8-14/h2-6,11,14-15,17H,7-10,12H2,1H3,(H3,22,23,24,25,26,27,28). The van der Waals surface area contributed by atoms with Gasteiger partial charge in [0.25, 0.3) is 0 Å². The zero-order valence-electron chi connectivity index (χ0n) is 16.4. The Balaban J connectivity index is 1.39. The third-order valence-electron chi connectivity index (χ3n) is 5.29. The van der Waals surface area contributed by atoms with Crippen molar-refractivity contribution in [2.75, 3.05) is 24.4 Å². The first kappa shape index (κ1) is 18.1. The van der Waals surface area contributed by atoms with E-state index in [0.29, 0.717) is 30.3 Å². The number of anilines is 3. The molecule has 2 saturated carbocycles. The number of hydrogen-bond acceptors (Lipinski definition) is 7. The van der Waals surface area contributed by atoms with Gasteiger partial charge in [0, 0.05) is 30.7 Å². The fourth-order valence-electron chi connectivity index (χ4n) is 3.38. The lowest BCUT2D eigenvalue weighted by molar-refractivity contribution is 0.186. The third kappa shape index (κ3) is 4.37. The summed E-state index contributed by atoms with van der Waals surface area (Å²) in [5.74, 6) is 3.67. The van der Waals surface area contributed by atoms with E-state index >= 15 is 0 Å². The van der Waals surface area contributed by atoms with Crippen LogP contribution in [0.4, 0.5) is 17.7 Å². The van der Waals surface area contributed by atoms with Crippen LogP contribution in [-0.2, 0) is 4.74 Å². The molecule has 0 radical (unpaired) electrons. The Morgan fingerprint density at radius 2 is 1.79 bits per heavy atom. The van der Waals surface area contributed by atoms with Crippen molar-refractivity contribution in [3.05, 3.63) is 53.5 Å². The number of rotatable bonds is 9. The third-order valence-corrected chi connectivity index (χ3v) is 5.29. The van der Waals surface area contributed by atoms with Crippen LogP contribution in [0.2, 0.25) is 0 Å². The summed E-state index contributed by atoms with van der Waals surface area (Å²) in [6.45, 7) is 0.515. The summed E-state index contributed by atoms with van der Waals surface area (Å²) < 4.78 is 5.41. The number of benzene rings is 1. The smallest absolute Gasteiger partial charge is 0.233 e. The van der Waals surface area contributed by atoms with Crippen LogP contribution in [0.1, 0.15) is 60.6 Å². The minimum absolute atomic E-state index is 0.0460. The fourth-order valence-corrected chi connectivity index (χ4v) is 3.38. The van der Waals surface area contributed by atoms with E-state index in [4.69, 9.17) is 4.74 Å². The maximum absolute atomic E-state index is 5.41. The molecule has 2 heterocycles. The van der Waals surface area contributed by atoms with E-state index < -0.39 is 0 Å². The molecule has 5 rings (SSSR count). The molecule has 29 heavy (non-hydrogen) atoms. The van der Waals surface area contributed by atoms with Gasteiger partial charge in [0.05, 0.1) is 12.6 Å². The van der Waals surface area contributed by atoms with Crippen molar-refractivity contribution in [2.45, 2.75) is 43.6 Å². The highest BCUT2D eigenvalue weighted by atomic mass is 16.5. The van der Waals surface area contributed by atoms with Crippen molar-refractivity contribution >= 4 is 17.7 Å². The van der Waals surface area contributed by atoms with E-state index in [1.807, 2.05) is 24.3 Å². The lowest BCUT2D eigenvalue weighted by Crippen LogP contribution is -2.19. The van der Waals surface area contributed by atoms with Gasteiger partial charge in [-0.3, -0.25) is 5.10 Å². The Morgan fingerprint density at radius 1 is 1.03 bits per heavy atom. The summed E-state index contributed by atoms with van der Waals surface area (Å²) in [6, 6.07) is 12.2. The molecule has 8 nitrogen and oxygen atoms in total. The molecule has 3 aromatic rings. The number of methoxy groups -OCH3 is 1. The number of ether oxygens (including phenoxy) is 1. The zero-order chi connectivity index (χ0) is 19.6. The second kappa shape index (κ2) is 7.79. The number of aromatic amines is 1. The molecule has 0 bridgehead atoms. The minimum atomic E-state index is -0.0460. The van der Waals surface area contributed by atoms with Gasteiger partial charge in [-0.1, -0.05) is 30.3 Å². The first-order valence-corrected chi connectivity index (χ1v) is 10.2. The molecule has 2 aliphatic carbocycles. The van der Waals surface area contributed by atoms with Crippen LogP contribution >= 0.6 is 0 Å². The molecule has 0 amide bonds. The highest BCUT2D eigenvalue weighted by molar-refractivity contribution is 5.50. The zero-order valence-corrected chi connectivity index (χ0v) is 16.4. The Labute approximate surface area is 169 Å². The lowest BCUT2D eigenvalue weighted by Gasteiger charge is -2.19. The van der Waals surface area contributed by atoms with Gasteiger partial charge in [-0.25, -0.2) is 0 Å². The van der Waals surface area contributed by atoms with Gasteiger partial charge < -0.3 is 15.4 Å². The Bertz CT molecular complexity index is 966. The average molecular weight is 391 g/mol. The average Bonchev–Trinajstić information content (AvgIpc) is 3.67. The quantitative estimate of drug-likeness (QED) is 0.509. The van der Waals surface area contributed by atoms with Crippen LogP contribution in [0.15, 0.2) is 36.4 Å². The highest BCUT2D eigenvalue weighted by Crippen LogP contribution is 2.40. The van der Waals surface area contributed by atoms with Crippen LogP contribution in [0, 0.1) is 0 Å². The van der Waals surface area contributed by atoms with Crippen LogP contribution < -0.4 is 10.6 Å². The van der Waals surface area contributed by atoms with E-state index in [9.17, 15) is 0 Å². The molecule has 150 valence electrons. The van der Waals surface area contributed by atoms with Crippen molar-refractivity contribution in [3.63, 3.8) is 0 Å². The van der Waals surface area contributed by atoms with Gasteiger partial charge in [-0.2, -0.15) is 20.1 Å². The highest BCUT2D eigenvalue weighted by Gasteiger charge is 2.29. The van der Waals surface area contributed by atoms with Crippen molar-refractivity contribution in [1.82, 2.24) is 25.1 Å². The molecule has 3 N–H and O–H groups in total. The maximum atomic E-state index is 5.41. The SMILES string of the molecule is COCC(Nc1nc(Nc2cc(C3CC3)[nH]n2)nc(C2CC2)n1)c1ccccc1. The van der Waals surface area contributed by atoms with E-state index in [1.165, 1.54) is 18.5 Å². The van der Waals surface area contributed by atoms with Crippen LogP contribution in [0.25, 0.3) is 0 Å². The van der Waals surface area contributed by atoms with Gasteiger partial charge in [-0.15, -0.1) is 0 Å². The predicted molar refractivity (Wildman–Crippen MR) is 110 cm³/mol. The molecule has 0 saturated heterocycles. The minimum Gasteiger partial charge on any atom is -0.382 e. The second-order valence-corrected chi connectivity index (χ2v) is 7.79. The van der Waals surface area contributed by atoms with Crippen LogP contribution in [0.5, 0.6) is 0 Å². The number of aromatic nitrogens is 5. The summed E-state index contributed by atoms with van der Waals surface area (Å²) in [4.78, 5) is 13.9. The van der Waals surface area contributed by atoms with Crippen LogP contribution in [-0.4, -0.2) is 38.9 Å². The number of nitrogens with zero attached hydrogens (tertiary/aromatic N) is 4. The largest absolute Gasteiger partial charge is 0.382 e. The fraction of sp³-hybridized carbons (Fsp3) is 0.429. The monoisotopic (exact) mass is 391 g/mol. The van der Waals surface area contributed by atoms with Crippen molar-refractivity contribution in [1.29, 1.82) is 0 Å². The molecule has 2 fully saturated rings. The summed E-state index contributed by atoms with van der Waals surface area (Å²) in [5.41, 5.74) is 2.30. The molecule has 1 unspecified atom stereocenters. The number of nitrogens with one attached hydrogen (secondary N) is 3.